The van der Waals surface area contributed by atoms with Crippen molar-refractivity contribution in [2.75, 3.05) is 5.73 Å². The van der Waals surface area contributed by atoms with Gasteiger partial charge in [-0.05, 0) is 36.4 Å². The molecule has 4 N–H and O–H groups in total. The molecular weight excluding hydrogens is 266 g/mol. The fourth-order valence-corrected chi connectivity index (χ4v) is 2.03. The van der Waals surface area contributed by atoms with Crippen molar-refractivity contribution in [2.45, 2.75) is 0 Å². The van der Waals surface area contributed by atoms with E-state index in [1.165, 1.54) is 4.68 Å². The van der Waals surface area contributed by atoms with Gasteiger partial charge in [-0.1, -0.05) is 12.1 Å². The van der Waals surface area contributed by atoms with Crippen LogP contribution in [0.25, 0.3) is 17.1 Å². The standard InChI is InChI=1S/C15H13N5O/c16-11-7-5-10(6-8-11)15-18-9-20(19-15)13-4-2-1-3-12(13)14(17)21/h1-9H,16H2,(H2,17,21). The minimum absolute atomic E-state index is 0.395. The van der Waals surface area contributed by atoms with Gasteiger partial charge in [0.05, 0.1) is 11.3 Å². The van der Waals surface area contributed by atoms with Gasteiger partial charge in [-0.3, -0.25) is 4.79 Å². The van der Waals surface area contributed by atoms with Crippen LogP contribution in [0, 0.1) is 0 Å². The highest BCUT2D eigenvalue weighted by Crippen LogP contribution is 2.18. The van der Waals surface area contributed by atoms with Crippen LogP contribution in [0.15, 0.2) is 54.9 Å². The summed E-state index contributed by atoms with van der Waals surface area (Å²) in [6, 6.07) is 14.2. The number of aromatic nitrogens is 3. The molecule has 6 nitrogen and oxygen atoms in total. The number of para-hydroxylation sites is 1. The molecule has 0 saturated heterocycles. The number of hydrogen-bond acceptors (Lipinski definition) is 4. The molecule has 0 spiro atoms. The molecule has 0 unspecified atom stereocenters. The quantitative estimate of drug-likeness (QED) is 0.711. The van der Waals surface area contributed by atoms with E-state index in [1.807, 2.05) is 18.2 Å². The maximum Gasteiger partial charge on any atom is 0.250 e. The molecule has 0 saturated carbocycles. The Bertz CT molecular complexity index is 792. The van der Waals surface area contributed by atoms with Crippen molar-refractivity contribution >= 4 is 11.6 Å². The van der Waals surface area contributed by atoms with E-state index in [0.29, 0.717) is 22.8 Å². The second-order valence-corrected chi connectivity index (χ2v) is 4.52. The molecule has 0 aliphatic carbocycles. The third-order valence-corrected chi connectivity index (χ3v) is 3.08. The summed E-state index contributed by atoms with van der Waals surface area (Å²) in [5, 5.41) is 4.38. The Morgan fingerprint density at radius 1 is 1.05 bits per heavy atom. The molecule has 3 aromatic rings. The summed E-state index contributed by atoms with van der Waals surface area (Å²) in [6.07, 6.45) is 1.55. The highest BCUT2D eigenvalue weighted by atomic mass is 16.1. The molecule has 0 aliphatic rings. The lowest BCUT2D eigenvalue weighted by Gasteiger charge is -2.05. The van der Waals surface area contributed by atoms with E-state index in [4.69, 9.17) is 11.5 Å². The van der Waals surface area contributed by atoms with Crippen LogP contribution in [0.4, 0.5) is 5.69 Å². The van der Waals surface area contributed by atoms with Crippen molar-refractivity contribution < 1.29 is 4.79 Å². The molecule has 2 aromatic carbocycles. The van der Waals surface area contributed by atoms with Crippen molar-refractivity contribution in [3.05, 3.63) is 60.4 Å². The minimum Gasteiger partial charge on any atom is -0.399 e. The number of nitrogens with two attached hydrogens (primary N) is 2. The van der Waals surface area contributed by atoms with Crippen molar-refractivity contribution in [1.82, 2.24) is 14.8 Å². The first kappa shape index (κ1) is 12.9. The van der Waals surface area contributed by atoms with Gasteiger partial charge in [-0.2, -0.15) is 0 Å². The molecule has 3 rings (SSSR count). The average molecular weight is 279 g/mol. The Morgan fingerprint density at radius 3 is 2.48 bits per heavy atom. The fourth-order valence-electron chi connectivity index (χ4n) is 2.03. The van der Waals surface area contributed by atoms with Crippen LogP contribution in [-0.4, -0.2) is 20.7 Å². The minimum atomic E-state index is -0.505. The van der Waals surface area contributed by atoms with E-state index in [-0.39, 0.29) is 0 Å². The van der Waals surface area contributed by atoms with Crippen molar-refractivity contribution in [3.8, 4) is 17.1 Å². The number of carbonyl (C=O) groups is 1. The molecule has 0 bridgehead atoms. The summed E-state index contributed by atoms with van der Waals surface area (Å²) < 4.78 is 1.53. The number of nitrogen functional groups attached to an aromatic ring is 1. The number of primary amides is 1. The lowest BCUT2D eigenvalue weighted by Crippen LogP contribution is -2.14. The number of hydrogen-bond donors (Lipinski definition) is 2. The van der Waals surface area contributed by atoms with Crippen LogP contribution < -0.4 is 11.5 Å². The Morgan fingerprint density at radius 2 is 1.76 bits per heavy atom. The lowest BCUT2D eigenvalue weighted by atomic mass is 10.2. The van der Waals surface area contributed by atoms with Gasteiger partial charge in [0, 0.05) is 11.3 Å². The number of benzene rings is 2. The fraction of sp³-hybridized carbons (Fsp3) is 0. The molecule has 0 radical (unpaired) electrons. The van der Waals surface area contributed by atoms with Crippen LogP contribution >= 0.6 is 0 Å². The van der Waals surface area contributed by atoms with Crippen LogP contribution in [0.3, 0.4) is 0 Å². The Labute approximate surface area is 121 Å². The number of carbonyl (C=O) groups excluding carboxylic acids is 1. The summed E-state index contributed by atoms with van der Waals surface area (Å²) in [7, 11) is 0. The van der Waals surface area contributed by atoms with Crippen LogP contribution in [0.5, 0.6) is 0 Å². The molecular formula is C15H13N5O. The van der Waals surface area contributed by atoms with E-state index in [0.717, 1.165) is 5.56 Å². The van der Waals surface area contributed by atoms with Crippen molar-refractivity contribution in [1.29, 1.82) is 0 Å². The third kappa shape index (κ3) is 2.46. The second kappa shape index (κ2) is 5.09. The molecule has 0 fully saturated rings. The van der Waals surface area contributed by atoms with Gasteiger partial charge in [0.1, 0.15) is 6.33 Å². The zero-order valence-corrected chi connectivity index (χ0v) is 11.1. The summed E-state index contributed by atoms with van der Waals surface area (Å²) in [6.45, 7) is 0. The van der Waals surface area contributed by atoms with Crippen molar-refractivity contribution in [2.24, 2.45) is 5.73 Å². The molecule has 0 aliphatic heterocycles. The maximum atomic E-state index is 11.5. The van der Waals surface area contributed by atoms with E-state index in [1.54, 1.807) is 36.7 Å². The van der Waals surface area contributed by atoms with E-state index < -0.39 is 5.91 Å². The Hall–Kier alpha value is -3.15. The number of rotatable bonds is 3. The van der Waals surface area contributed by atoms with Gasteiger partial charge in [0.25, 0.3) is 5.91 Å². The normalized spacial score (nSPS) is 10.5. The summed E-state index contributed by atoms with van der Waals surface area (Å²) in [4.78, 5) is 15.7. The molecule has 0 atom stereocenters. The lowest BCUT2D eigenvalue weighted by molar-refractivity contribution is 0.1000. The summed E-state index contributed by atoms with van der Waals surface area (Å²) >= 11 is 0. The molecule has 21 heavy (non-hydrogen) atoms. The van der Waals surface area contributed by atoms with E-state index in [2.05, 4.69) is 10.1 Å². The molecule has 104 valence electrons. The van der Waals surface area contributed by atoms with Gasteiger partial charge >= 0.3 is 0 Å². The molecule has 1 heterocycles. The maximum absolute atomic E-state index is 11.5. The highest BCUT2D eigenvalue weighted by molar-refractivity contribution is 5.96. The predicted molar refractivity (Wildman–Crippen MR) is 79.7 cm³/mol. The van der Waals surface area contributed by atoms with Gasteiger partial charge in [-0.15, -0.1) is 5.10 Å². The molecule has 6 heteroatoms. The topological polar surface area (TPSA) is 99.8 Å². The monoisotopic (exact) mass is 279 g/mol. The van der Waals surface area contributed by atoms with Crippen LogP contribution in [-0.2, 0) is 0 Å². The Kier molecular flexibility index (Phi) is 3.12. The SMILES string of the molecule is NC(=O)c1ccccc1-n1cnc(-c2ccc(N)cc2)n1. The first-order valence-electron chi connectivity index (χ1n) is 6.32. The summed E-state index contributed by atoms with van der Waals surface area (Å²) in [5.41, 5.74) is 13.5. The zero-order chi connectivity index (χ0) is 14.8. The van der Waals surface area contributed by atoms with Gasteiger partial charge < -0.3 is 11.5 Å². The predicted octanol–water partition coefficient (Wildman–Crippen LogP) is 1.62. The number of nitrogens with zero attached hydrogens (tertiary/aromatic N) is 3. The molecule has 1 amide bonds. The van der Waals surface area contributed by atoms with E-state index >= 15 is 0 Å². The zero-order valence-electron chi connectivity index (χ0n) is 11.1. The van der Waals surface area contributed by atoms with Crippen molar-refractivity contribution in [3.63, 3.8) is 0 Å². The number of anilines is 1. The smallest absolute Gasteiger partial charge is 0.250 e. The summed E-state index contributed by atoms with van der Waals surface area (Å²) in [5.74, 6) is 0.0457. The Balaban J connectivity index is 2.03. The van der Waals surface area contributed by atoms with E-state index in [9.17, 15) is 4.79 Å². The first-order chi connectivity index (χ1) is 10.1. The largest absolute Gasteiger partial charge is 0.399 e. The third-order valence-electron chi connectivity index (χ3n) is 3.08. The van der Waals surface area contributed by atoms with Crippen LogP contribution in [0.2, 0.25) is 0 Å². The van der Waals surface area contributed by atoms with Crippen LogP contribution in [0.1, 0.15) is 10.4 Å². The van der Waals surface area contributed by atoms with Gasteiger partial charge in [-0.25, -0.2) is 9.67 Å². The van der Waals surface area contributed by atoms with Gasteiger partial charge in [0.2, 0.25) is 0 Å². The molecule has 1 aromatic heterocycles. The second-order valence-electron chi connectivity index (χ2n) is 4.52. The highest BCUT2D eigenvalue weighted by Gasteiger charge is 2.11. The number of amides is 1. The average Bonchev–Trinajstić information content (AvgIpc) is 2.97. The first-order valence-corrected chi connectivity index (χ1v) is 6.32. The van der Waals surface area contributed by atoms with Gasteiger partial charge in [0.15, 0.2) is 5.82 Å².